The van der Waals surface area contributed by atoms with Gasteiger partial charge in [-0.15, -0.1) is 0 Å². The maximum atomic E-state index is 4.94. The Hall–Kier alpha value is -0.340. The van der Waals surface area contributed by atoms with Gasteiger partial charge in [-0.05, 0) is 13.8 Å². The smallest absolute Gasteiger partial charge is 0.0701 e. The molecule has 2 nitrogen and oxygen atoms in total. The molecule has 0 saturated carbocycles. The summed E-state index contributed by atoms with van der Waals surface area (Å²) in [6, 6.07) is 0. The Labute approximate surface area is 62.8 Å². The second kappa shape index (κ2) is 8.66. The molecule has 0 bridgehead atoms. The first-order valence-corrected chi connectivity index (χ1v) is 3.64. The van der Waals surface area contributed by atoms with Crippen molar-refractivity contribution in [3.05, 3.63) is 12.2 Å². The van der Waals surface area contributed by atoms with Crippen molar-refractivity contribution < 1.29 is 9.47 Å². The van der Waals surface area contributed by atoms with E-state index in [4.69, 9.17) is 9.47 Å². The molecule has 1 saturated heterocycles. The van der Waals surface area contributed by atoms with Gasteiger partial charge in [-0.1, -0.05) is 12.2 Å². The molecule has 10 heavy (non-hydrogen) atoms. The number of rotatable bonds is 0. The van der Waals surface area contributed by atoms with E-state index >= 15 is 0 Å². The molecule has 1 aliphatic rings. The SMILES string of the molecule is C1COCCO1.CC=CC. The highest BCUT2D eigenvalue weighted by Crippen LogP contribution is 1.85. The van der Waals surface area contributed by atoms with Crippen LogP contribution in [0.25, 0.3) is 0 Å². The zero-order valence-corrected chi connectivity index (χ0v) is 6.80. The van der Waals surface area contributed by atoms with Crippen molar-refractivity contribution in [1.82, 2.24) is 0 Å². The van der Waals surface area contributed by atoms with Crippen LogP contribution in [0.5, 0.6) is 0 Å². The quantitative estimate of drug-likeness (QED) is 0.481. The lowest BCUT2D eigenvalue weighted by Crippen LogP contribution is -2.16. The second-order valence-corrected chi connectivity index (χ2v) is 1.89. The van der Waals surface area contributed by atoms with Gasteiger partial charge >= 0.3 is 0 Å². The monoisotopic (exact) mass is 144 g/mol. The number of hydrogen-bond acceptors (Lipinski definition) is 2. The Morgan fingerprint density at radius 1 is 0.800 bits per heavy atom. The molecule has 0 aromatic heterocycles. The van der Waals surface area contributed by atoms with Crippen LogP contribution in [-0.2, 0) is 9.47 Å². The van der Waals surface area contributed by atoms with E-state index in [2.05, 4.69) is 0 Å². The molecule has 1 fully saturated rings. The summed E-state index contributed by atoms with van der Waals surface area (Å²) >= 11 is 0. The highest BCUT2D eigenvalue weighted by atomic mass is 16.6. The minimum absolute atomic E-state index is 0.778. The van der Waals surface area contributed by atoms with E-state index in [1.165, 1.54) is 0 Å². The van der Waals surface area contributed by atoms with Crippen LogP contribution in [0.1, 0.15) is 13.8 Å². The van der Waals surface area contributed by atoms with Crippen LogP contribution in [0, 0.1) is 0 Å². The average Bonchev–Trinajstić information content (AvgIpc) is 2.08. The molecule has 1 rings (SSSR count). The van der Waals surface area contributed by atoms with Gasteiger partial charge in [0.05, 0.1) is 26.4 Å². The van der Waals surface area contributed by atoms with Crippen molar-refractivity contribution in [2.45, 2.75) is 13.8 Å². The molecule has 1 aliphatic heterocycles. The van der Waals surface area contributed by atoms with E-state index < -0.39 is 0 Å². The lowest BCUT2D eigenvalue weighted by atomic mass is 10.6. The zero-order valence-electron chi connectivity index (χ0n) is 6.80. The molecule has 1 heterocycles. The standard InChI is InChI=1S/C4H8O2.C4H8/c1-2-6-4-3-5-1;1-3-4-2/h1-4H2;3-4H,1-2H3. The summed E-state index contributed by atoms with van der Waals surface area (Å²) in [5.74, 6) is 0. The largest absolute Gasteiger partial charge is 0.377 e. The molecule has 0 atom stereocenters. The zero-order chi connectivity index (χ0) is 7.66. The Bertz CT molecular complexity index is 59.8. The second-order valence-electron chi connectivity index (χ2n) is 1.89. The van der Waals surface area contributed by atoms with Gasteiger partial charge in [0.15, 0.2) is 0 Å². The first-order valence-electron chi connectivity index (χ1n) is 3.64. The van der Waals surface area contributed by atoms with E-state index in [1.807, 2.05) is 26.0 Å². The van der Waals surface area contributed by atoms with Gasteiger partial charge in [0.2, 0.25) is 0 Å². The highest BCUT2D eigenvalue weighted by Gasteiger charge is 1.94. The van der Waals surface area contributed by atoms with Crippen LogP contribution in [0.4, 0.5) is 0 Å². The third kappa shape index (κ3) is 7.66. The Balaban J connectivity index is 0.000000180. The molecule has 0 amide bonds. The van der Waals surface area contributed by atoms with Crippen molar-refractivity contribution in [2.75, 3.05) is 26.4 Å². The molecule has 0 aromatic rings. The van der Waals surface area contributed by atoms with Crippen LogP contribution in [-0.4, -0.2) is 26.4 Å². The minimum atomic E-state index is 0.778. The number of ether oxygens (including phenoxy) is 2. The van der Waals surface area contributed by atoms with E-state index in [1.54, 1.807) is 0 Å². The van der Waals surface area contributed by atoms with Crippen LogP contribution in [0.15, 0.2) is 12.2 Å². The normalized spacial score (nSPS) is 18.2. The summed E-state index contributed by atoms with van der Waals surface area (Å²) in [6.07, 6.45) is 4.00. The number of hydrogen-bond donors (Lipinski definition) is 0. The molecule has 0 aromatic carbocycles. The molecular formula is C8H16O2. The van der Waals surface area contributed by atoms with Crippen molar-refractivity contribution in [3.8, 4) is 0 Å². The topological polar surface area (TPSA) is 18.5 Å². The summed E-state index contributed by atoms with van der Waals surface area (Å²) in [6.45, 7) is 7.11. The average molecular weight is 144 g/mol. The van der Waals surface area contributed by atoms with E-state index in [0.29, 0.717) is 0 Å². The van der Waals surface area contributed by atoms with Crippen molar-refractivity contribution in [1.29, 1.82) is 0 Å². The third-order valence-corrected chi connectivity index (χ3v) is 1.08. The lowest BCUT2D eigenvalue weighted by Gasteiger charge is -2.09. The van der Waals surface area contributed by atoms with Gasteiger partial charge < -0.3 is 9.47 Å². The summed E-state index contributed by atoms with van der Waals surface area (Å²) in [4.78, 5) is 0. The Kier molecular flexibility index (Phi) is 8.37. The fourth-order valence-corrected chi connectivity index (χ4v) is 0.440. The van der Waals surface area contributed by atoms with Crippen LogP contribution in [0.3, 0.4) is 0 Å². The van der Waals surface area contributed by atoms with Gasteiger partial charge in [0.1, 0.15) is 0 Å². The van der Waals surface area contributed by atoms with Crippen molar-refractivity contribution >= 4 is 0 Å². The maximum Gasteiger partial charge on any atom is 0.0701 e. The minimum Gasteiger partial charge on any atom is -0.377 e. The first-order chi connectivity index (χ1) is 4.91. The Morgan fingerprint density at radius 2 is 1.10 bits per heavy atom. The molecule has 0 unspecified atom stereocenters. The molecular weight excluding hydrogens is 128 g/mol. The van der Waals surface area contributed by atoms with Gasteiger partial charge in [0.25, 0.3) is 0 Å². The molecule has 0 N–H and O–H groups in total. The lowest BCUT2D eigenvalue weighted by molar-refractivity contribution is -0.0334. The molecule has 0 radical (unpaired) electrons. The van der Waals surface area contributed by atoms with Crippen molar-refractivity contribution in [2.24, 2.45) is 0 Å². The molecule has 0 spiro atoms. The third-order valence-electron chi connectivity index (χ3n) is 1.08. The van der Waals surface area contributed by atoms with Crippen LogP contribution < -0.4 is 0 Å². The van der Waals surface area contributed by atoms with Crippen LogP contribution in [0.2, 0.25) is 0 Å². The summed E-state index contributed by atoms with van der Waals surface area (Å²) in [5.41, 5.74) is 0. The first kappa shape index (κ1) is 9.66. The number of allylic oxidation sites excluding steroid dienone is 2. The fourth-order valence-electron chi connectivity index (χ4n) is 0.440. The van der Waals surface area contributed by atoms with Gasteiger partial charge in [-0.2, -0.15) is 0 Å². The van der Waals surface area contributed by atoms with Crippen LogP contribution >= 0.6 is 0 Å². The van der Waals surface area contributed by atoms with E-state index in [0.717, 1.165) is 26.4 Å². The summed E-state index contributed by atoms with van der Waals surface area (Å²) in [5, 5.41) is 0. The van der Waals surface area contributed by atoms with E-state index in [-0.39, 0.29) is 0 Å². The molecule has 2 heteroatoms. The maximum absolute atomic E-state index is 4.94. The van der Waals surface area contributed by atoms with Gasteiger partial charge in [0, 0.05) is 0 Å². The summed E-state index contributed by atoms with van der Waals surface area (Å²) in [7, 11) is 0. The fraction of sp³-hybridized carbons (Fsp3) is 0.750. The Morgan fingerprint density at radius 3 is 1.20 bits per heavy atom. The highest BCUT2D eigenvalue weighted by molar-refractivity contribution is 4.68. The predicted molar refractivity (Wildman–Crippen MR) is 42.1 cm³/mol. The molecule has 60 valence electrons. The van der Waals surface area contributed by atoms with E-state index in [9.17, 15) is 0 Å². The van der Waals surface area contributed by atoms with Gasteiger partial charge in [-0.3, -0.25) is 0 Å². The summed E-state index contributed by atoms with van der Waals surface area (Å²) < 4.78 is 9.89. The van der Waals surface area contributed by atoms with Gasteiger partial charge in [-0.25, -0.2) is 0 Å². The molecule has 0 aliphatic carbocycles. The van der Waals surface area contributed by atoms with Crippen molar-refractivity contribution in [3.63, 3.8) is 0 Å². The predicted octanol–water partition coefficient (Wildman–Crippen LogP) is 1.62.